The molecule has 0 amide bonds. The van der Waals surface area contributed by atoms with Crippen molar-refractivity contribution < 1.29 is 0 Å². The Morgan fingerprint density at radius 2 is 1.95 bits per heavy atom. The summed E-state index contributed by atoms with van der Waals surface area (Å²) >= 11 is 2.22. The molecule has 1 heterocycles. The molecule has 2 nitrogen and oxygen atoms in total. The van der Waals surface area contributed by atoms with Gasteiger partial charge in [0.05, 0.1) is 0 Å². The van der Waals surface area contributed by atoms with Crippen molar-refractivity contribution in [1.82, 2.24) is 10.2 Å². The van der Waals surface area contributed by atoms with Gasteiger partial charge in [0.2, 0.25) is 0 Å². The summed E-state index contributed by atoms with van der Waals surface area (Å²) < 4.78 is 0. The lowest BCUT2D eigenvalue weighted by Gasteiger charge is -2.50. The highest BCUT2D eigenvalue weighted by Crippen LogP contribution is 2.39. The lowest BCUT2D eigenvalue weighted by molar-refractivity contribution is 0.0445. The normalized spacial score (nSPS) is 37.8. The Morgan fingerprint density at radius 3 is 2.65 bits per heavy atom. The van der Waals surface area contributed by atoms with Gasteiger partial charge in [-0.3, -0.25) is 4.90 Å². The average Bonchev–Trinajstić information content (AvgIpc) is 3.09. The van der Waals surface area contributed by atoms with Crippen LogP contribution in [0.5, 0.6) is 0 Å². The molecule has 0 aromatic rings. The molecule has 3 unspecified atom stereocenters. The molecule has 1 aliphatic heterocycles. The van der Waals surface area contributed by atoms with E-state index in [1.54, 1.807) is 0 Å². The van der Waals surface area contributed by atoms with Crippen LogP contribution in [0.15, 0.2) is 0 Å². The fourth-order valence-electron chi connectivity index (χ4n) is 4.83. The third kappa shape index (κ3) is 2.91. The molecule has 0 radical (unpaired) electrons. The zero-order chi connectivity index (χ0) is 14.0. The highest BCUT2D eigenvalue weighted by molar-refractivity contribution is 7.99. The molecule has 116 valence electrons. The molecule has 3 rings (SSSR count). The van der Waals surface area contributed by atoms with Crippen molar-refractivity contribution in [2.75, 3.05) is 18.8 Å². The summed E-state index contributed by atoms with van der Waals surface area (Å²) in [6, 6.07) is 1.65. The van der Waals surface area contributed by atoms with E-state index in [0.29, 0.717) is 5.54 Å². The largest absolute Gasteiger partial charge is 0.308 e. The Hall–Kier alpha value is 0.270. The topological polar surface area (TPSA) is 15.3 Å². The number of hydrogen-bond acceptors (Lipinski definition) is 3. The molecule has 3 aliphatic rings. The first-order valence-electron chi connectivity index (χ1n) is 8.90. The summed E-state index contributed by atoms with van der Waals surface area (Å²) in [5, 5.41) is 4.86. The summed E-state index contributed by atoms with van der Waals surface area (Å²) in [5.74, 6) is 1.29. The Kier molecular flexibility index (Phi) is 4.99. The zero-order valence-electron chi connectivity index (χ0n) is 13.4. The van der Waals surface area contributed by atoms with Gasteiger partial charge in [0.15, 0.2) is 0 Å². The maximum Gasteiger partial charge on any atom is 0.0309 e. The van der Waals surface area contributed by atoms with Crippen molar-refractivity contribution in [2.24, 2.45) is 0 Å². The van der Waals surface area contributed by atoms with Crippen molar-refractivity contribution >= 4 is 11.8 Å². The Bertz CT molecular complexity index is 314. The number of nitrogens with zero attached hydrogens (tertiary/aromatic N) is 1. The quantitative estimate of drug-likeness (QED) is 0.852. The van der Waals surface area contributed by atoms with Crippen molar-refractivity contribution in [3.63, 3.8) is 0 Å². The lowest BCUT2D eigenvalue weighted by atomic mass is 9.90. The van der Waals surface area contributed by atoms with Crippen LogP contribution in [0, 0.1) is 0 Å². The van der Waals surface area contributed by atoms with Gasteiger partial charge in [0.25, 0.3) is 0 Å². The molecule has 2 saturated carbocycles. The minimum absolute atomic E-state index is 0.482. The van der Waals surface area contributed by atoms with E-state index in [-0.39, 0.29) is 0 Å². The number of hydrogen-bond donors (Lipinski definition) is 1. The van der Waals surface area contributed by atoms with Crippen LogP contribution in [0.2, 0.25) is 0 Å². The van der Waals surface area contributed by atoms with E-state index in [2.05, 4.69) is 35.8 Å². The van der Waals surface area contributed by atoms with Crippen LogP contribution >= 0.6 is 11.8 Å². The summed E-state index contributed by atoms with van der Waals surface area (Å²) in [6.07, 6.45) is 11.4. The first-order chi connectivity index (χ1) is 9.78. The number of nitrogens with one attached hydrogen (secondary N) is 1. The molecular formula is C17H32N2S. The highest BCUT2D eigenvalue weighted by atomic mass is 32.2. The number of thioether (sulfide) groups is 1. The van der Waals surface area contributed by atoms with Gasteiger partial charge >= 0.3 is 0 Å². The molecule has 1 N–H and O–H groups in total. The minimum atomic E-state index is 0.482. The predicted molar refractivity (Wildman–Crippen MR) is 89.5 cm³/mol. The van der Waals surface area contributed by atoms with E-state index in [4.69, 9.17) is 0 Å². The zero-order valence-corrected chi connectivity index (χ0v) is 14.2. The second-order valence-corrected chi connectivity index (χ2v) is 8.61. The second kappa shape index (κ2) is 6.58. The van der Waals surface area contributed by atoms with Gasteiger partial charge in [-0.2, -0.15) is 11.8 Å². The summed E-state index contributed by atoms with van der Waals surface area (Å²) in [5.41, 5.74) is 0.482. The van der Waals surface area contributed by atoms with Gasteiger partial charge in [-0.05, 0) is 37.9 Å². The van der Waals surface area contributed by atoms with E-state index in [1.165, 1.54) is 70.2 Å². The maximum atomic E-state index is 3.95. The Labute approximate surface area is 129 Å². The van der Waals surface area contributed by atoms with Crippen LogP contribution in [0.3, 0.4) is 0 Å². The van der Waals surface area contributed by atoms with Crippen LogP contribution in [-0.2, 0) is 0 Å². The van der Waals surface area contributed by atoms with E-state index in [0.717, 1.165) is 17.3 Å². The summed E-state index contributed by atoms with van der Waals surface area (Å²) in [6.45, 7) is 7.27. The van der Waals surface area contributed by atoms with Crippen molar-refractivity contribution in [3.8, 4) is 0 Å². The molecule has 0 bridgehead atoms. The predicted octanol–water partition coefficient (Wildman–Crippen LogP) is 3.66. The maximum absolute atomic E-state index is 3.95. The number of piperazine rings is 1. The van der Waals surface area contributed by atoms with Crippen LogP contribution in [0.1, 0.15) is 65.2 Å². The summed E-state index contributed by atoms with van der Waals surface area (Å²) in [4.78, 5) is 2.95. The average molecular weight is 297 g/mol. The molecule has 1 spiro atoms. The molecule has 0 aromatic heterocycles. The van der Waals surface area contributed by atoms with Gasteiger partial charge in [-0.25, -0.2) is 0 Å². The lowest BCUT2D eigenvalue weighted by Crippen LogP contribution is -2.65. The molecule has 3 atom stereocenters. The first kappa shape index (κ1) is 15.2. The van der Waals surface area contributed by atoms with Gasteiger partial charge in [-0.1, -0.05) is 33.1 Å². The Balaban J connectivity index is 1.73. The monoisotopic (exact) mass is 296 g/mol. The van der Waals surface area contributed by atoms with Crippen molar-refractivity contribution in [2.45, 2.75) is 88.1 Å². The van der Waals surface area contributed by atoms with E-state index < -0.39 is 0 Å². The first-order valence-corrected chi connectivity index (χ1v) is 9.95. The SMILES string of the molecule is CCSC1CCCC1N1CC2(CCCC2)NCC1CC. The fraction of sp³-hybridized carbons (Fsp3) is 1.00. The molecule has 1 saturated heterocycles. The third-order valence-corrected chi connectivity index (χ3v) is 7.23. The van der Waals surface area contributed by atoms with E-state index in [1.807, 2.05) is 0 Å². The van der Waals surface area contributed by atoms with Crippen LogP contribution in [0.25, 0.3) is 0 Å². The van der Waals surface area contributed by atoms with Gasteiger partial charge in [0, 0.05) is 36.0 Å². The van der Waals surface area contributed by atoms with E-state index >= 15 is 0 Å². The van der Waals surface area contributed by atoms with Crippen LogP contribution in [-0.4, -0.2) is 46.6 Å². The Morgan fingerprint density at radius 1 is 1.15 bits per heavy atom. The second-order valence-electron chi connectivity index (χ2n) is 7.09. The molecule has 2 aliphatic carbocycles. The van der Waals surface area contributed by atoms with Crippen molar-refractivity contribution in [1.29, 1.82) is 0 Å². The third-order valence-electron chi connectivity index (χ3n) is 5.92. The molecule has 3 heteroatoms. The number of rotatable bonds is 4. The standard InChI is InChI=1S/C17H32N2S/c1-3-14-12-18-17(10-5-6-11-17)13-19(14)15-8-7-9-16(15)20-4-2/h14-16,18H,3-13H2,1-2H3. The van der Waals surface area contributed by atoms with Gasteiger partial charge in [0.1, 0.15) is 0 Å². The van der Waals surface area contributed by atoms with Crippen LogP contribution < -0.4 is 5.32 Å². The van der Waals surface area contributed by atoms with E-state index in [9.17, 15) is 0 Å². The highest BCUT2D eigenvalue weighted by Gasteiger charge is 2.45. The molecular weight excluding hydrogens is 264 g/mol. The fourth-order valence-corrected chi connectivity index (χ4v) is 6.11. The van der Waals surface area contributed by atoms with Crippen LogP contribution in [0.4, 0.5) is 0 Å². The molecule has 20 heavy (non-hydrogen) atoms. The van der Waals surface area contributed by atoms with Gasteiger partial charge < -0.3 is 5.32 Å². The minimum Gasteiger partial charge on any atom is -0.308 e. The smallest absolute Gasteiger partial charge is 0.0309 e. The molecule has 0 aromatic carbocycles. The summed E-state index contributed by atoms with van der Waals surface area (Å²) in [7, 11) is 0. The van der Waals surface area contributed by atoms with Gasteiger partial charge in [-0.15, -0.1) is 0 Å². The molecule has 3 fully saturated rings. The van der Waals surface area contributed by atoms with Crippen molar-refractivity contribution in [3.05, 3.63) is 0 Å².